The zero-order valence-corrected chi connectivity index (χ0v) is 19.5. The molecule has 0 unspecified atom stereocenters. The molecular formula is C21H21N3O4S3. The van der Waals surface area contributed by atoms with Crippen LogP contribution in [0.15, 0.2) is 23.0 Å². The monoisotopic (exact) mass is 475 g/mol. The van der Waals surface area contributed by atoms with Crippen molar-refractivity contribution < 1.29 is 14.7 Å². The molecule has 0 radical (unpaired) electrons. The van der Waals surface area contributed by atoms with E-state index in [-0.39, 0.29) is 5.91 Å². The van der Waals surface area contributed by atoms with E-state index in [1.54, 1.807) is 6.08 Å². The number of carboxylic acids is 1. The summed E-state index contributed by atoms with van der Waals surface area (Å²) in [6, 6.07) is 6.09. The number of fused-ring (bicyclic) bond motifs is 1. The molecule has 10 heteroatoms. The summed E-state index contributed by atoms with van der Waals surface area (Å²) in [7, 11) is 0. The normalized spacial score (nSPS) is 18.3. The molecule has 2 aromatic rings. The number of carbonyl (C=O) groups is 2. The average Bonchev–Trinajstić information content (AvgIpc) is 3.36. The highest BCUT2D eigenvalue weighted by Crippen LogP contribution is 2.31. The molecule has 1 amide bonds. The quantitative estimate of drug-likeness (QED) is 0.651. The van der Waals surface area contributed by atoms with Crippen LogP contribution in [0.5, 0.6) is 0 Å². The SMILES string of the molecule is CCN1C(=O)C(=c2sc(=Cc3ccc4c(c3)CCN4CC)c(=O)n2CC(=O)O)SC1=S. The van der Waals surface area contributed by atoms with Crippen molar-refractivity contribution in [3.63, 3.8) is 0 Å². The van der Waals surface area contributed by atoms with Gasteiger partial charge in [-0.15, -0.1) is 11.3 Å². The fourth-order valence-corrected chi connectivity index (χ4v) is 6.47. The van der Waals surface area contributed by atoms with Gasteiger partial charge in [-0.2, -0.15) is 0 Å². The van der Waals surface area contributed by atoms with Crippen molar-refractivity contribution in [1.82, 2.24) is 9.47 Å². The number of aliphatic carboxylic acids is 1. The molecule has 1 fully saturated rings. The summed E-state index contributed by atoms with van der Waals surface area (Å²) in [6.45, 7) is 5.79. The number of thiocarbonyl (C=S) groups is 1. The Morgan fingerprint density at radius 1 is 1.26 bits per heavy atom. The molecule has 1 aromatic carbocycles. The van der Waals surface area contributed by atoms with Gasteiger partial charge in [-0.3, -0.25) is 23.9 Å². The van der Waals surface area contributed by atoms with E-state index < -0.39 is 18.1 Å². The summed E-state index contributed by atoms with van der Waals surface area (Å²) in [5.41, 5.74) is 2.91. The number of amides is 1. The average molecular weight is 476 g/mol. The molecule has 0 spiro atoms. The number of hydrogen-bond donors (Lipinski definition) is 1. The van der Waals surface area contributed by atoms with Gasteiger partial charge in [-0.25, -0.2) is 0 Å². The van der Waals surface area contributed by atoms with Crippen LogP contribution in [-0.2, 0) is 22.6 Å². The lowest BCUT2D eigenvalue weighted by Gasteiger charge is -2.16. The third kappa shape index (κ3) is 3.95. The Morgan fingerprint density at radius 3 is 2.68 bits per heavy atom. The first-order valence-electron chi connectivity index (χ1n) is 9.93. The molecule has 3 heterocycles. The van der Waals surface area contributed by atoms with Crippen molar-refractivity contribution in [2.45, 2.75) is 26.8 Å². The van der Waals surface area contributed by atoms with Crippen molar-refractivity contribution in [2.75, 3.05) is 24.5 Å². The Kier molecular flexibility index (Phi) is 6.05. The van der Waals surface area contributed by atoms with Gasteiger partial charge < -0.3 is 10.0 Å². The first kappa shape index (κ1) is 21.8. The number of benzene rings is 1. The summed E-state index contributed by atoms with van der Waals surface area (Å²) >= 11 is 7.51. The Labute approximate surface area is 192 Å². The summed E-state index contributed by atoms with van der Waals surface area (Å²) < 4.78 is 2.30. The van der Waals surface area contributed by atoms with Gasteiger partial charge in [-0.05, 0) is 49.6 Å². The fraction of sp³-hybridized carbons (Fsp3) is 0.333. The molecule has 0 atom stereocenters. The van der Waals surface area contributed by atoms with E-state index in [4.69, 9.17) is 12.2 Å². The van der Waals surface area contributed by atoms with Gasteiger partial charge in [0.05, 0.1) is 4.53 Å². The second-order valence-electron chi connectivity index (χ2n) is 7.17. The number of carboxylic acid groups (broad SMARTS) is 1. The molecular weight excluding hydrogens is 454 g/mol. The molecule has 0 bridgehead atoms. The number of anilines is 1. The number of likely N-dealkylation sites (N-methyl/N-ethyl adjacent to an activating group) is 1. The predicted octanol–water partition coefficient (Wildman–Crippen LogP) is 1.19. The van der Waals surface area contributed by atoms with Crippen molar-refractivity contribution in [3.8, 4) is 0 Å². The number of aromatic nitrogens is 1. The van der Waals surface area contributed by atoms with Crippen LogP contribution in [0.2, 0.25) is 0 Å². The molecule has 7 nitrogen and oxygen atoms in total. The minimum Gasteiger partial charge on any atom is -0.480 e. The molecule has 1 saturated heterocycles. The first-order valence-corrected chi connectivity index (χ1v) is 12.0. The smallest absolute Gasteiger partial charge is 0.323 e. The van der Waals surface area contributed by atoms with Crippen molar-refractivity contribution in [3.05, 3.63) is 48.9 Å². The maximum Gasteiger partial charge on any atom is 0.323 e. The number of carbonyl (C=O) groups excluding carboxylic acids is 1. The summed E-state index contributed by atoms with van der Waals surface area (Å²) in [4.78, 5) is 41.3. The highest BCUT2D eigenvalue weighted by molar-refractivity contribution is 8.30. The van der Waals surface area contributed by atoms with Crippen molar-refractivity contribution >= 4 is 68.2 Å². The fourth-order valence-electron chi connectivity index (χ4n) is 3.83. The first-order chi connectivity index (χ1) is 14.8. The topological polar surface area (TPSA) is 82.9 Å². The molecule has 4 rings (SSSR count). The largest absolute Gasteiger partial charge is 0.480 e. The van der Waals surface area contributed by atoms with E-state index in [0.29, 0.717) is 25.0 Å². The number of thioether (sulfide) groups is 1. The van der Waals surface area contributed by atoms with Crippen LogP contribution in [0.3, 0.4) is 0 Å². The van der Waals surface area contributed by atoms with Crippen LogP contribution in [0.25, 0.3) is 11.0 Å². The van der Waals surface area contributed by atoms with Crippen LogP contribution in [0.4, 0.5) is 5.69 Å². The second kappa shape index (κ2) is 8.60. The zero-order chi connectivity index (χ0) is 22.3. The summed E-state index contributed by atoms with van der Waals surface area (Å²) in [6.07, 6.45) is 2.72. The number of nitrogens with zero attached hydrogens (tertiary/aromatic N) is 3. The maximum absolute atomic E-state index is 13.0. The number of thiazole rings is 1. The molecule has 0 saturated carbocycles. The predicted molar refractivity (Wildman–Crippen MR) is 128 cm³/mol. The van der Waals surface area contributed by atoms with E-state index in [2.05, 4.69) is 24.0 Å². The minimum atomic E-state index is -1.14. The van der Waals surface area contributed by atoms with Gasteiger partial charge in [-0.1, -0.05) is 30.0 Å². The Hall–Kier alpha value is -2.43. The second-order valence-corrected chi connectivity index (χ2v) is 9.84. The van der Waals surface area contributed by atoms with E-state index in [1.165, 1.54) is 16.2 Å². The van der Waals surface area contributed by atoms with E-state index in [1.807, 2.05) is 13.0 Å². The molecule has 1 N–H and O–H groups in total. The lowest BCUT2D eigenvalue weighted by molar-refractivity contribution is -0.137. The van der Waals surface area contributed by atoms with Gasteiger partial charge in [0, 0.05) is 25.3 Å². The Balaban J connectivity index is 1.87. The van der Waals surface area contributed by atoms with Gasteiger partial charge >= 0.3 is 5.97 Å². The van der Waals surface area contributed by atoms with E-state index in [0.717, 1.165) is 52.7 Å². The van der Waals surface area contributed by atoms with Crippen molar-refractivity contribution in [1.29, 1.82) is 0 Å². The lowest BCUT2D eigenvalue weighted by Crippen LogP contribution is -2.35. The molecule has 2 aliphatic rings. The van der Waals surface area contributed by atoms with Crippen LogP contribution >= 0.6 is 35.3 Å². The Morgan fingerprint density at radius 2 is 2.03 bits per heavy atom. The van der Waals surface area contributed by atoms with E-state index in [9.17, 15) is 19.5 Å². The van der Waals surface area contributed by atoms with Gasteiger partial charge in [0.1, 0.15) is 20.4 Å². The molecule has 31 heavy (non-hydrogen) atoms. The molecule has 1 aromatic heterocycles. The third-order valence-electron chi connectivity index (χ3n) is 5.34. The van der Waals surface area contributed by atoms with E-state index >= 15 is 0 Å². The van der Waals surface area contributed by atoms with Crippen LogP contribution in [0, 0.1) is 0 Å². The summed E-state index contributed by atoms with van der Waals surface area (Å²) in [5, 5.41) is 9.32. The van der Waals surface area contributed by atoms with Crippen LogP contribution < -0.4 is 19.7 Å². The Bertz CT molecular complexity index is 1280. The maximum atomic E-state index is 13.0. The minimum absolute atomic E-state index is 0.290. The lowest BCUT2D eigenvalue weighted by atomic mass is 10.1. The van der Waals surface area contributed by atoms with Crippen molar-refractivity contribution in [2.24, 2.45) is 0 Å². The standard InChI is InChI=1S/C21H21N3O4S3/c1-3-22-8-7-13-9-12(5-6-14(13)22)10-15-18(27)24(11-16(25)26)20(30-15)17-19(28)23(4-2)21(29)31-17/h5-6,9-10H,3-4,7-8,11H2,1-2H3,(H,25,26). The highest BCUT2D eigenvalue weighted by atomic mass is 32.2. The number of rotatable bonds is 5. The summed E-state index contributed by atoms with van der Waals surface area (Å²) in [5.74, 6) is -1.43. The number of hydrogen-bond acceptors (Lipinski definition) is 7. The zero-order valence-electron chi connectivity index (χ0n) is 17.1. The van der Waals surface area contributed by atoms with Crippen LogP contribution in [0.1, 0.15) is 25.0 Å². The van der Waals surface area contributed by atoms with Gasteiger partial charge in [0.25, 0.3) is 11.5 Å². The third-order valence-corrected chi connectivity index (χ3v) is 8.03. The molecule has 162 valence electrons. The van der Waals surface area contributed by atoms with Gasteiger partial charge in [0.15, 0.2) is 0 Å². The molecule has 2 aliphatic heterocycles. The highest BCUT2D eigenvalue weighted by Gasteiger charge is 2.33. The molecule has 0 aliphatic carbocycles. The van der Waals surface area contributed by atoms with Crippen LogP contribution in [-0.4, -0.2) is 50.4 Å². The van der Waals surface area contributed by atoms with Gasteiger partial charge in [0.2, 0.25) is 0 Å².